The lowest BCUT2D eigenvalue weighted by Gasteiger charge is -2.34. The summed E-state index contributed by atoms with van der Waals surface area (Å²) in [4.78, 5) is 29.9. The maximum Gasteiger partial charge on any atom is 0.323 e. The number of halogens is 1. The summed E-state index contributed by atoms with van der Waals surface area (Å²) in [5.41, 5.74) is 1.64. The minimum Gasteiger partial charge on any atom is -0.488 e. The predicted octanol–water partition coefficient (Wildman–Crippen LogP) is 3.96. The summed E-state index contributed by atoms with van der Waals surface area (Å²) in [6.45, 7) is 6.05. The van der Waals surface area contributed by atoms with Crippen LogP contribution in [-0.2, 0) is 11.2 Å². The van der Waals surface area contributed by atoms with E-state index < -0.39 is 6.03 Å². The van der Waals surface area contributed by atoms with Crippen molar-refractivity contribution in [3.63, 3.8) is 0 Å². The fourth-order valence-electron chi connectivity index (χ4n) is 4.67. The Balaban J connectivity index is 1.54. The second-order valence-electron chi connectivity index (χ2n) is 10.5. The van der Waals surface area contributed by atoms with Gasteiger partial charge in [-0.25, -0.2) is 9.18 Å². The van der Waals surface area contributed by atoms with Gasteiger partial charge in [0.1, 0.15) is 17.7 Å². The number of carbonyl (C=O) groups is 2. The Labute approximate surface area is 217 Å². The average molecular weight is 513 g/mol. The molecule has 1 heterocycles. The van der Waals surface area contributed by atoms with Gasteiger partial charge in [-0.05, 0) is 75.2 Å². The number of aliphatic hydroxyl groups excluding tert-OH is 1. The Morgan fingerprint density at radius 3 is 2.51 bits per heavy atom. The number of benzene rings is 2. The van der Waals surface area contributed by atoms with Gasteiger partial charge in [0.25, 0.3) is 0 Å². The van der Waals surface area contributed by atoms with E-state index in [1.807, 2.05) is 6.92 Å². The molecule has 0 saturated heterocycles. The lowest BCUT2D eigenvalue weighted by atomic mass is 10.0. The van der Waals surface area contributed by atoms with E-state index in [1.54, 1.807) is 23.1 Å². The van der Waals surface area contributed by atoms with Crippen molar-refractivity contribution in [2.45, 2.75) is 45.3 Å². The van der Waals surface area contributed by atoms with Crippen LogP contribution in [-0.4, -0.2) is 72.3 Å². The summed E-state index contributed by atoms with van der Waals surface area (Å²) >= 11 is 0. The number of nitrogens with zero attached hydrogens (tertiary/aromatic N) is 2. The first-order valence-electron chi connectivity index (χ1n) is 12.9. The van der Waals surface area contributed by atoms with E-state index in [2.05, 4.69) is 29.5 Å². The number of hydrogen-bond donors (Lipinski definition) is 3. The first-order valence-corrected chi connectivity index (χ1v) is 12.9. The van der Waals surface area contributed by atoms with Crippen molar-refractivity contribution in [2.24, 2.45) is 11.8 Å². The number of likely N-dealkylation sites (N-methyl/N-ethyl adjacent to an activating group) is 1. The van der Waals surface area contributed by atoms with Crippen molar-refractivity contribution in [2.75, 3.05) is 43.9 Å². The normalized spacial score (nSPS) is 20.8. The largest absolute Gasteiger partial charge is 0.488 e. The zero-order chi connectivity index (χ0) is 26.5. The summed E-state index contributed by atoms with van der Waals surface area (Å²) in [7, 11) is 2.11. The summed E-state index contributed by atoms with van der Waals surface area (Å²) in [6, 6.07) is 9.98. The Hall–Kier alpha value is -3.17. The van der Waals surface area contributed by atoms with Gasteiger partial charge in [0.15, 0.2) is 0 Å². The van der Waals surface area contributed by atoms with E-state index in [1.165, 1.54) is 37.1 Å². The first kappa shape index (κ1) is 26.9. The summed E-state index contributed by atoms with van der Waals surface area (Å²) in [5, 5.41) is 15.2. The zero-order valence-corrected chi connectivity index (χ0v) is 21.7. The number of carbonyl (C=O) groups excluding carboxylic acids is 2. The van der Waals surface area contributed by atoms with Gasteiger partial charge in [-0.2, -0.15) is 0 Å². The van der Waals surface area contributed by atoms with Crippen LogP contribution in [0.4, 0.5) is 20.6 Å². The highest BCUT2D eigenvalue weighted by atomic mass is 19.1. The Morgan fingerprint density at radius 1 is 1.16 bits per heavy atom. The van der Waals surface area contributed by atoms with Gasteiger partial charge in [-0.3, -0.25) is 4.79 Å². The lowest BCUT2D eigenvalue weighted by molar-refractivity contribution is -0.134. The summed E-state index contributed by atoms with van der Waals surface area (Å²) < 4.78 is 19.7. The van der Waals surface area contributed by atoms with Crippen molar-refractivity contribution in [3.8, 4) is 5.75 Å². The number of ether oxygens (including phenoxy) is 1. The third kappa shape index (κ3) is 7.42. The molecule has 1 saturated carbocycles. The van der Waals surface area contributed by atoms with Gasteiger partial charge >= 0.3 is 6.03 Å². The number of anilines is 2. The van der Waals surface area contributed by atoms with Crippen LogP contribution in [0.25, 0.3) is 0 Å². The second kappa shape index (κ2) is 11.9. The van der Waals surface area contributed by atoms with Crippen LogP contribution in [0.2, 0.25) is 0 Å². The Kier molecular flexibility index (Phi) is 8.66. The topological polar surface area (TPSA) is 94.1 Å². The number of hydrogen-bond acceptors (Lipinski definition) is 5. The number of fused-ring (bicyclic) bond motifs is 1. The molecule has 37 heavy (non-hydrogen) atoms. The molecule has 3 amide bonds. The molecular weight excluding hydrogens is 475 g/mol. The van der Waals surface area contributed by atoms with E-state index in [-0.39, 0.29) is 42.8 Å². The minimum atomic E-state index is -0.481. The Morgan fingerprint density at radius 2 is 1.84 bits per heavy atom. The highest BCUT2D eigenvalue weighted by Gasteiger charge is 2.32. The quantitative estimate of drug-likeness (QED) is 0.498. The maximum absolute atomic E-state index is 13.3. The van der Waals surface area contributed by atoms with Gasteiger partial charge < -0.3 is 30.3 Å². The van der Waals surface area contributed by atoms with Gasteiger partial charge in [-0.1, -0.05) is 6.92 Å². The van der Waals surface area contributed by atoms with Crippen molar-refractivity contribution in [3.05, 3.63) is 53.8 Å². The third-order valence-corrected chi connectivity index (χ3v) is 7.03. The van der Waals surface area contributed by atoms with Crippen LogP contribution in [0, 0.1) is 17.7 Å². The van der Waals surface area contributed by atoms with Crippen LogP contribution in [0.3, 0.4) is 0 Å². The van der Waals surface area contributed by atoms with E-state index in [0.717, 1.165) is 19.0 Å². The maximum atomic E-state index is 13.3. The molecular formula is C28H37FN4O4. The zero-order valence-electron chi connectivity index (χ0n) is 21.7. The number of urea groups is 1. The molecule has 9 heteroatoms. The number of nitrogens with one attached hydrogen (secondary N) is 2. The number of amides is 3. The highest BCUT2D eigenvalue weighted by Crippen LogP contribution is 2.31. The van der Waals surface area contributed by atoms with Crippen molar-refractivity contribution < 1.29 is 23.8 Å². The van der Waals surface area contributed by atoms with Crippen molar-refractivity contribution >= 4 is 23.3 Å². The summed E-state index contributed by atoms with van der Waals surface area (Å²) in [6.07, 6.45) is 2.48. The molecule has 2 aromatic carbocycles. The molecule has 3 N–H and O–H groups in total. The van der Waals surface area contributed by atoms with Crippen LogP contribution >= 0.6 is 0 Å². The molecule has 8 nitrogen and oxygen atoms in total. The molecule has 1 aliphatic carbocycles. The second-order valence-corrected chi connectivity index (χ2v) is 10.5. The average Bonchev–Trinajstić information content (AvgIpc) is 3.67. The van der Waals surface area contributed by atoms with E-state index >= 15 is 0 Å². The van der Waals surface area contributed by atoms with Crippen LogP contribution in [0.5, 0.6) is 5.75 Å². The van der Waals surface area contributed by atoms with Crippen LogP contribution in [0.15, 0.2) is 42.5 Å². The summed E-state index contributed by atoms with van der Waals surface area (Å²) in [5.74, 6) is 0.936. The van der Waals surface area contributed by atoms with Gasteiger partial charge in [0.2, 0.25) is 5.91 Å². The first-order chi connectivity index (χ1) is 17.7. The molecule has 0 unspecified atom stereocenters. The van der Waals surface area contributed by atoms with Crippen molar-refractivity contribution in [1.82, 2.24) is 9.80 Å². The smallest absolute Gasteiger partial charge is 0.323 e. The number of aliphatic hydroxyl groups is 1. The molecule has 2 aliphatic rings. The highest BCUT2D eigenvalue weighted by molar-refractivity contribution is 5.99. The van der Waals surface area contributed by atoms with E-state index in [9.17, 15) is 19.1 Å². The Bertz CT molecular complexity index is 1090. The molecule has 4 rings (SSSR count). The standard InChI is InChI=1S/C28H37FN4O4/c1-18-14-33(19(2)17-34)27(35)13-21-12-24(31-28(36)30-23-8-6-22(29)7-9-23)10-11-25(21)37-26(18)16-32(3)15-20-4-5-20/h6-12,18-20,26,34H,4-5,13-17H2,1-3H3,(H2,30,31,36)/t18-,19-,26-/m0/s1. The molecule has 3 atom stereocenters. The van der Waals surface area contributed by atoms with Crippen LogP contribution in [0.1, 0.15) is 32.3 Å². The van der Waals surface area contributed by atoms with E-state index in [4.69, 9.17) is 4.74 Å². The molecule has 0 bridgehead atoms. The van der Waals surface area contributed by atoms with Gasteiger partial charge in [-0.15, -0.1) is 0 Å². The molecule has 200 valence electrons. The monoisotopic (exact) mass is 512 g/mol. The van der Waals surface area contributed by atoms with Crippen molar-refractivity contribution in [1.29, 1.82) is 0 Å². The number of rotatable bonds is 8. The molecule has 0 radical (unpaired) electrons. The molecule has 1 fully saturated rings. The van der Waals surface area contributed by atoms with Crippen LogP contribution < -0.4 is 15.4 Å². The molecule has 2 aromatic rings. The predicted molar refractivity (Wildman–Crippen MR) is 141 cm³/mol. The minimum absolute atomic E-state index is 0.0461. The van der Waals surface area contributed by atoms with Gasteiger partial charge in [0.05, 0.1) is 19.1 Å². The van der Waals surface area contributed by atoms with E-state index in [0.29, 0.717) is 29.2 Å². The third-order valence-electron chi connectivity index (χ3n) is 7.03. The lowest BCUT2D eigenvalue weighted by Crippen LogP contribution is -2.47. The molecule has 1 aliphatic heterocycles. The fraction of sp³-hybridized carbons (Fsp3) is 0.500. The molecule has 0 aromatic heterocycles. The SMILES string of the molecule is C[C@H]1CN([C@@H](C)CO)C(=O)Cc2cc(NC(=O)Nc3ccc(F)cc3)ccc2O[C@H]1CN(C)CC1CC1. The fourth-order valence-corrected chi connectivity index (χ4v) is 4.67. The molecule has 0 spiro atoms. The van der Waals surface area contributed by atoms with Gasteiger partial charge in [0, 0.05) is 42.5 Å².